The molecule has 2 atom stereocenters. The van der Waals surface area contributed by atoms with Gasteiger partial charge in [0.25, 0.3) is 10.0 Å². The second-order valence-corrected chi connectivity index (χ2v) is 12.9. The topological polar surface area (TPSA) is 96.0 Å². The Morgan fingerprint density at radius 1 is 0.844 bits per heavy atom. The van der Waals surface area contributed by atoms with Gasteiger partial charge in [-0.25, -0.2) is 8.42 Å². The molecule has 8 nitrogen and oxygen atoms in total. The second-order valence-electron chi connectivity index (χ2n) is 11.0. The molecule has 0 aliphatic heterocycles. The summed E-state index contributed by atoms with van der Waals surface area (Å²) < 4.78 is 34.8. The summed E-state index contributed by atoms with van der Waals surface area (Å²) in [6.45, 7) is 5.25. The lowest BCUT2D eigenvalue weighted by Crippen LogP contribution is -2.54. The van der Waals surface area contributed by atoms with E-state index in [1.54, 1.807) is 56.5 Å². The number of hydrogen-bond acceptors (Lipinski definition) is 5. The van der Waals surface area contributed by atoms with Crippen LogP contribution in [0.15, 0.2) is 114 Å². The molecule has 4 rings (SSSR count). The number of nitrogens with one attached hydrogen (secondary N) is 1. The molecule has 45 heavy (non-hydrogen) atoms. The van der Waals surface area contributed by atoms with Gasteiger partial charge in [0, 0.05) is 19.0 Å². The highest BCUT2D eigenvalue weighted by atomic mass is 32.2. The van der Waals surface area contributed by atoms with E-state index in [-0.39, 0.29) is 29.8 Å². The van der Waals surface area contributed by atoms with E-state index in [2.05, 4.69) is 5.32 Å². The number of anilines is 1. The zero-order valence-electron chi connectivity index (χ0n) is 26.2. The van der Waals surface area contributed by atoms with Gasteiger partial charge in [-0.3, -0.25) is 13.9 Å². The summed E-state index contributed by atoms with van der Waals surface area (Å²) in [5, 5.41) is 3.05. The van der Waals surface area contributed by atoms with E-state index in [0.29, 0.717) is 23.4 Å². The molecular formula is C36H41N3O5S. The van der Waals surface area contributed by atoms with Gasteiger partial charge in [0.15, 0.2) is 0 Å². The summed E-state index contributed by atoms with van der Waals surface area (Å²) in [6, 6.07) is 30.9. The molecule has 0 fully saturated rings. The Morgan fingerprint density at radius 2 is 1.47 bits per heavy atom. The molecule has 0 saturated carbocycles. The third-order valence-electron chi connectivity index (χ3n) is 7.75. The Morgan fingerprint density at radius 3 is 2.11 bits per heavy atom. The fourth-order valence-electron chi connectivity index (χ4n) is 5.04. The largest absolute Gasteiger partial charge is 0.497 e. The number of carbonyl (C=O) groups is 2. The predicted octanol–water partition coefficient (Wildman–Crippen LogP) is 5.75. The zero-order chi connectivity index (χ0) is 32.4. The number of methoxy groups -OCH3 is 1. The average molecular weight is 628 g/mol. The number of sulfonamides is 1. The molecule has 0 bridgehead atoms. The molecular weight excluding hydrogens is 586 g/mol. The highest BCUT2D eigenvalue weighted by molar-refractivity contribution is 7.92. The van der Waals surface area contributed by atoms with Gasteiger partial charge in [-0.15, -0.1) is 0 Å². The van der Waals surface area contributed by atoms with Gasteiger partial charge >= 0.3 is 0 Å². The summed E-state index contributed by atoms with van der Waals surface area (Å²) in [4.78, 5) is 30.1. The van der Waals surface area contributed by atoms with Crippen LogP contribution in [0.3, 0.4) is 0 Å². The highest BCUT2D eigenvalue weighted by Gasteiger charge is 2.35. The maximum atomic E-state index is 14.6. The van der Waals surface area contributed by atoms with Gasteiger partial charge in [-0.2, -0.15) is 0 Å². The summed E-state index contributed by atoms with van der Waals surface area (Å²) >= 11 is 0. The van der Waals surface area contributed by atoms with Crippen LogP contribution in [0.5, 0.6) is 5.75 Å². The first-order chi connectivity index (χ1) is 21.6. The molecule has 2 unspecified atom stereocenters. The van der Waals surface area contributed by atoms with Crippen LogP contribution in [-0.2, 0) is 32.6 Å². The SMILES string of the molecule is CCC(C)NC(=O)C(Cc1ccccc1)N(Cc1cccc(OC)c1)C(=O)CN(c1ccccc1C)S(=O)(=O)c1ccccc1. The number of hydrogen-bond donors (Lipinski definition) is 1. The summed E-state index contributed by atoms with van der Waals surface area (Å²) in [5.74, 6) is -0.213. The van der Waals surface area contributed by atoms with Gasteiger partial charge in [-0.05, 0) is 67.3 Å². The second kappa shape index (κ2) is 15.4. The van der Waals surface area contributed by atoms with Crippen LogP contribution in [0, 0.1) is 6.92 Å². The molecule has 0 aliphatic carbocycles. The summed E-state index contributed by atoms with van der Waals surface area (Å²) in [6.07, 6.45) is 0.957. The van der Waals surface area contributed by atoms with Crippen LogP contribution < -0.4 is 14.4 Å². The Balaban J connectivity index is 1.82. The molecule has 0 aromatic heterocycles. The third kappa shape index (κ3) is 8.51. The highest BCUT2D eigenvalue weighted by Crippen LogP contribution is 2.28. The first-order valence-electron chi connectivity index (χ1n) is 15.0. The Bertz CT molecular complexity index is 1680. The molecule has 4 aromatic rings. The van der Waals surface area contributed by atoms with Gasteiger partial charge < -0.3 is 15.0 Å². The first kappa shape index (κ1) is 33.3. The third-order valence-corrected chi connectivity index (χ3v) is 9.53. The van der Waals surface area contributed by atoms with E-state index < -0.39 is 28.5 Å². The summed E-state index contributed by atoms with van der Waals surface area (Å²) in [5.41, 5.74) is 2.70. The van der Waals surface area contributed by atoms with E-state index >= 15 is 0 Å². The van der Waals surface area contributed by atoms with Crippen molar-refractivity contribution in [1.29, 1.82) is 0 Å². The summed E-state index contributed by atoms with van der Waals surface area (Å²) in [7, 11) is -2.59. The Kier molecular flexibility index (Phi) is 11.4. The number of rotatable bonds is 14. The van der Waals surface area contributed by atoms with Crippen molar-refractivity contribution in [2.24, 2.45) is 0 Å². The lowest BCUT2D eigenvalue weighted by atomic mass is 10.0. The van der Waals surface area contributed by atoms with E-state index in [9.17, 15) is 18.0 Å². The minimum absolute atomic E-state index is 0.0639. The van der Waals surface area contributed by atoms with E-state index in [1.165, 1.54) is 17.0 Å². The normalized spacial score (nSPS) is 12.5. The molecule has 0 saturated heterocycles. The number of nitrogens with zero attached hydrogens (tertiary/aromatic N) is 2. The fraction of sp³-hybridized carbons (Fsp3) is 0.278. The van der Waals surface area contributed by atoms with Crippen molar-refractivity contribution in [3.8, 4) is 5.75 Å². The van der Waals surface area contributed by atoms with Crippen LogP contribution in [0.1, 0.15) is 37.0 Å². The zero-order valence-corrected chi connectivity index (χ0v) is 27.0. The number of para-hydroxylation sites is 1. The van der Waals surface area contributed by atoms with Gasteiger partial charge in [0.2, 0.25) is 11.8 Å². The molecule has 236 valence electrons. The minimum atomic E-state index is -4.15. The van der Waals surface area contributed by atoms with Crippen LogP contribution in [0.2, 0.25) is 0 Å². The number of benzene rings is 4. The van der Waals surface area contributed by atoms with Crippen LogP contribution in [0.25, 0.3) is 0 Å². The predicted molar refractivity (Wildman–Crippen MR) is 178 cm³/mol. The average Bonchev–Trinajstić information content (AvgIpc) is 3.06. The number of aryl methyl sites for hydroxylation is 1. The standard InChI is InChI=1S/C36H41N3O5S/c1-5-28(3)37-36(41)34(24-29-16-8-6-9-17-29)38(25-30-18-14-19-31(23-30)44-4)35(40)26-39(33-22-13-12-15-27(33)2)45(42,43)32-20-10-7-11-21-32/h6-23,28,34H,5,24-26H2,1-4H3,(H,37,41). The van der Waals surface area contributed by atoms with Gasteiger partial charge in [0.1, 0.15) is 18.3 Å². The van der Waals surface area contributed by atoms with Crippen LogP contribution in [0.4, 0.5) is 5.69 Å². The van der Waals surface area contributed by atoms with E-state index in [0.717, 1.165) is 15.4 Å². The number of ether oxygens (including phenoxy) is 1. The van der Waals surface area contributed by atoms with Crippen LogP contribution >= 0.6 is 0 Å². The lowest BCUT2D eigenvalue weighted by molar-refractivity contribution is -0.140. The molecule has 0 spiro atoms. The molecule has 0 radical (unpaired) electrons. The van der Waals surface area contributed by atoms with Crippen molar-refractivity contribution in [3.05, 3.63) is 126 Å². The van der Waals surface area contributed by atoms with Crippen molar-refractivity contribution < 1.29 is 22.7 Å². The van der Waals surface area contributed by atoms with Gasteiger partial charge in [-0.1, -0.05) is 85.8 Å². The lowest BCUT2D eigenvalue weighted by Gasteiger charge is -2.34. The van der Waals surface area contributed by atoms with E-state index in [1.807, 2.05) is 68.4 Å². The quantitative estimate of drug-likeness (QED) is 0.192. The number of carbonyl (C=O) groups excluding carboxylic acids is 2. The molecule has 1 N–H and O–H groups in total. The molecule has 0 heterocycles. The van der Waals surface area contributed by atoms with Crippen LogP contribution in [-0.4, -0.2) is 50.9 Å². The molecule has 0 aliphatic rings. The molecule has 2 amide bonds. The maximum absolute atomic E-state index is 14.6. The van der Waals surface area contributed by atoms with Crippen molar-refractivity contribution in [1.82, 2.24) is 10.2 Å². The van der Waals surface area contributed by atoms with Crippen molar-refractivity contribution in [2.45, 2.75) is 57.1 Å². The van der Waals surface area contributed by atoms with Gasteiger partial charge in [0.05, 0.1) is 17.7 Å². The maximum Gasteiger partial charge on any atom is 0.264 e. The number of amides is 2. The van der Waals surface area contributed by atoms with Crippen molar-refractivity contribution >= 4 is 27.5 Å². The molecule has 4 aromatic carbocycles. The smallest absolute Gasteiger partial charge is 0.264 e. The van der Waals surface area contributed by atoms with E-state index in [4.69, 9.17) is 4.74 Å². The Labute approximate surface area is 266 Å². The fourth-order valence-corrected chi connectivity index (χ4v) is 6.54. The van der Waals surface area contributed by atoms with Crippen molar-refractivity contribution in [2.75, 3.05) is 18.0 Å². The first-order valence-corrected chi connectivity index (χ1v) is 16.5. The minimum Gasteiger partial charge on any atom is -0.497 e. The monoisotopic (exact) mass is 627 g/mol. The van der Waals surface area contributed by atoms with Crippen molar-refractivity contribution in [3.63, 3.8) is 0 Å². The Hall–Kier alpha value is -4.63. The molecule has 9 heteroatoms.